The number of ether oxygens (including phenoxy) is 2. The smallest absolute Gasteiger partial charge is 0.328 e. The average Bonchev–Trinajstić information content (AvgIpc) is 2.95. The summed E-state index contributed by atoms with van der Waals surface area (Å²) in [6.45, 7) is 3.59. The van der Waals surface area contributed by atoms with Gasteiger partial charge in [-0.3, -0.25) is 18.2 Å². The van der Waals surface area contributed by atoms with Crippen molar-refractivity contribution in [2.24, 2.45) is 0 Å². The summed E-state index contributed by atoms with van der Waals surface area (Å²) in [6, 6.07) is -1.08. The number of hydrogen-bond donors (Lipinski definition) is 2. The van der Waals surface area contributed by atoms with Crippen LogP contribution < -0.4 is 0 Å². The molecule has 4 unspecified atom stereocenters. The molecule has 2 radical (unpaired) electrons. The molecule has 0 bridgehead atoms. The van der Waals surface area contributed by atoms with Crippen molar-refractivity contribution in [3.8, 4) is 0 Å². The zero-order chi connectivity index (χ0) is 19.3. The maximum atomic E-state index is 12.6. The van der Waals surface area contributed by atoms with Crippen LogP contribution in [0.3, 0.4) is 0 Å². The number of aliphatic hydroxyl groups excluding tert-OH is 2. The Kier molecular flexibility index (Phi) is 6.08. The van der Waals surface area contributed by atoms with E-state index >= 15 is 0 Å². The highest BCUT2D eigenvalue weighted by molar-refractivity contribution is 7.53. The van der Waals surface area contributed by atoms with Crippen molar-refractivity contribution in [3.63, 3.8) is 0 Å². The Balaban J connectivity index is 1.85. The van der Waals surface area contributed by atoms with E-state index in [1.54, 1.807) is 6.92 Å². The molecule has 3 rings (SSSR count). The van der Waals surface area contributed by atoms with Crippen LogP contribution in [0.4, 0.5) is 0 Å². The van der Waals surface area contributed by atoms with Crippen molar-refractivity contribution in [2.45, 2.75) is 55.7 Å². The summed E-state index contributed by atoms with van der Waals surface area (Å²) in [5, 5.41) is 20.3. The molecular formula is C13H23BO10P2. The first-order chi connectivity index (χ1) is 12.0. The van der Waals surface area contributed by atoms with Gasteiger partial charge in [0, 0.05) is 19.3 Å². The molecule has 3 fully saturated rings. The third kappa shape index (κ3) is 4.44. The van der Waals surface area contributed by atoms with Gasteiger partial charge < -0.3 is 28.7 Å². The van der Waals surface area contributed by atoms with E-state index in [1.807, 2.05) is 0 Å². The minimum absolute atomic E-state index is 0.236. The van der Waals surface area contributed by atoms with E-state index in [4.69, 9.17) is 35.4 Å². The Labute approximate surface area is 152 Å². The molecule has 3 saturated heterocycles. The lowest BCUT2D eigenvalue weighted by Gasteiger charge is -2.29. The fourth-order valence-corrected chi connectivity index (χ4v) is 5.50. The van der Waals surface area contributed by atoms with Gasteiger partial charge in [0.05, 0.1) is 19.3 Å². The molecule has 0 aliphatic carbocycles. The summed E-state index contributed by atoms with van der Waals surface area (Å²) < 4.78 is 57.8. The number of aliphatic hydroxyl groups is 2. The first kappa shape index (κ1) is 20.9. The van der Waals surface area contributed by atoms with E-state index in [1.165, 1.54) is 13.3 Å². The van der Waals surface area contributed by atoms with Gasteiger partial charge in [-0.25, -0.2) is 0 Å². The standard InChI is InChI=1S/C13H23BO10P2/c1-6-9(15)11-7(21-6)4-19-26(3,18)24-12-8(22-13(14)10(12)16)5-20-25(2,17)23-11/h6-13,15-16H,4-5H2,1-3H3/t6-,7+,8+,9?,10?,11-,12-,13+,25?,26?/m0/s1. The first-order valence-electron chi connectivity index (χ1n) is 8.23. The van der Waals surface area contributed by atoms with Crippen LogP contribution in [0.15, 0.2) is 0 Å². The maximum absolute atomic E-state index is 12.6. The van der Waals surface area contributed by atoms with E-state index in [9.17, 15) is 19.3 Å². The van der Waals surface area contributed by atoms with Gasteiger partial charge in [-0.05, 0) is 6.92 Å². The van der Waals surface area contributed by atoms with Gasteiger partial charge in [0.25, 0.3) is 0 Å². The van der Waals surface area contributed by atoms with E-state index in [0.29, 0.717) is 0 Å². The second-order valence-electron chi connectivity index (χ2n) is 6.77. The van der Waals surface area contributed by atoms with Crippen LogP contribution in [-0.2, 0) is 36.7 Å². The average molecular weight is 412 g/mol. The fraction of sp³-hybridized carbons (Fsp3) is 1.00. The summed E-state index contributed by atoms with van der Waals surface area (Å²) in [7, 11) is -1.59. The summed E-state index contributed by atoms with van der Waals surface area (Å²) in [5.74, 6) is 0. The lowest BCUT2D eigenvalue weighted by atomic mass is 9.93. The highest BCUT2D eigenvalue weighted by Crippen LogP contribution is 2.52. The molecule has 0 aromatic carbocycles. The second kappa shape index (κ2) is 7.56. The lowest BCUT2D eigenvalue weighted by Crippen LogP contribution is -2.39. The van der Waals surface area contributed by atoms with Crippen LogP contribution >= 0.6 is 15.2 Å². The number of hydrogen-bond acceptors (Lipinski definition) is 10. The number of fused-ring (bicyclic) bond motifs is 2. The van der Waals surface area contributed by atoms with Gasteiger partial charge in [0.15, 0.2) is 0 Å². The van der Waals surface area contributed by atoms with Gasteiger partial charge in [0.2, 0.25) is 0 Å². The maximum Gasteiger partial charge on any atom is 0.328 e. The molecule has 148 valence electrons. The van der Waals surface area contributed by atoms with E-state index in [-0.39, 0.29) is 13.2 Å². The Bertz CT molecular complexity index is 568. The van der Waals surface area contributed by atoms with Gasteiger partial charge in [0.1, 0.15) is 44.5 Å². The molecule has 0 spiro atoms. The van der Waals surface area contributed by atoms with Crippen LogP contribution in [0.1, 0.15) is 6.92 Å². The van der Waals surface area contributed by atoms with Crippen molar-refractivity contribution < 1.29 is 46.9 Å². The molecular weight excluding hydrogens is 389 g/mol. The van der Waals surface area contributed by atoms with Crippen LogP contribution in [-0.4, -0.2) is 93.3 Å². The van der Waals surface area contributed by atoms with Crippen molar-refractivity contribution in [3.05, 3.63) is 0 Å². The lowest BCUT2D eigenvalue weighted by molar-refractivity contribution is -0.0345. The molecule has 0 amide bonds. The molecule has 3 heterocycles. The minimum Gasteiger partial charge on any atom is -0.388 e. The van der Waals surface area contributed by atoms with E-state index in [2.05, 4.69) is 0 Å². The topological polar surface area (TPSA) is 130 Å². The normalized spacial score (nSPS) is 56.2. The van der Waals surface area contributed by atoms with E-state index < -0.39 is 63.9 Å². The van der Waals surface area contributed by atoms with Gasteiger partial charge in [-0.1, -0.05) is 0 Å². The molecule has 0 aromatic rings. The molecule has 3 aliphatic heterocycles. The monoisotopic (exact) mass is 412 g/mol. The molecule has 0 aromatic heterocycles. The molecule has 10 nitrogen and oxygen atoms in total. The largest absolute Gasteiger partial charge is 0.388 e. The molecule has 0 saturated carbocycles. The zero-order valence-corrected chi connectivity index (χ0v) is 16.5. The van der Waals surface area contributed by atoms with Crippen LogP contribution in [0.5, 0.6) is 0 Å². The molecule has 26 heavy (non-hydrogen) atoms. The second-order valence-corrected chi connectivity index (χ2v) is 10.8. The van der Waals surface area contributed by atoms with Crippen LogP contribution in [0.2, 0.25) is 0 Å². The highest BCUT2D eigenvalue weighted by atomic mass is 31.2. The van der Waals surface area contributed by atoms with Gasteiger partial charge in [-0.15, -0.1) is 0 Å². The molecule has 13 heteroatoms. The Morgan fingerprint density at radius 1 is 0.885 bits per heavy atom. The predicted octanol–water partition coefficient (Wildman–Crippen LogP) is -0.148. The molecule has 3 aliphatic rings. The fourth-order valence-electron chi connectivity index (χ4n) is 3.14. The van der Waals surface area contributed by atoms with Gasteiger partial charge >= 0.3 is 15.2 Å². The van der Waals surface area contributed by atoms with Crippen molar-refractivity contribution in [2.75, 3.05) is 26.5 Å². The van der Waals surface area contributed by atoms with Crippen molar-refractivity contribution >= 4 is 23.0 Å². The van der Waals surface area contributed by atoms with Gasteiger partial charge in [-0.2, -0.15) is 0 Å². The summed E-state index contributed by atoms with van der Waals surface area (Å²) in [4.78, 5) is 0. The highest BCUT2D eigenvalue weighted by Gasteiger charge is 2.49. The Morgan fingerprint density at radius 3 is 1.88 bits per heavy atom. The summed E-state index contributed by atoms with van der Waals surface area (Å²) >= 11 is 0. The first-order valence-corrected chi connectivity index (χ1v) is 12.2. The van der Waals surface area contributed by atoms with Crippen LogP contribution in [0.25, 0.3) is 0 Å². The third-order valence-corrected chi connectivity index (χ3v) is 7.01. The van der Waals surface area contributed by atoms with E-state index in [0.717, 1.165) is 0 Å². The summed E-state index contributed by atoms with van der Waals surface area (Å²) in [6.07, 6.45) is -6.76. The Hall–Kier alpha value is 0.205. The van der Waals surface area contributed by atoms with Crippen LogP contribution in [0, 0.1) is 0 Å². The zero-order valence-electron chi connectivity index (χ0n) is 14.7. The van der Waals surface area contributed by atoms with Crippen molar-refractivity contribution in [1.29, 1.82) is 0 Å². The SMILES string of the molecule is [B][C@@H]1O[C@@H]2COP(C)(=O)O[C@@H]3C(O)[C@H](C)O[C@@H]3COP(C)(=O)O[C@@H]2C1O. The third-order valence-electron chi connectivity index (χ3n) is 4.52. The molecule has 10 atom stereocenters. The minimum atomic E-state index is -3.63. The predicted molar refractivity (Wildman–Crippen MR) is 89.5 cm³/mol. The summed E-state index contributed by atoms with van der Waals surface area (Å²) in [5.41, 5.74) is 0. The number of rotatable bonds is 0. The van der Waals surface area contributed by atoms with Crippen molar-refractivity contribution in [1.82, 2.24) is 0 Å². The Morgan fingerprint density at radius 2 is 1.35 bits per heavy atom. The molecule has 2 N–H and O–H groups in total. The quantitative estimate of drug-likeness (QED) is 0.409.